The van der Waals surface area contributed by atoms with Crippen molar-refractivity contribution in [1.82, 2.24) is 9.97 Å². The Bertz CT molecular complexity index is 1000. The zero-order chi connectivity index (χ0) is 19.0. The number of anilines is 1. The van der Waals surface area contributed by atoms with Crippen LogP contribution in [0.25, 0.3) is 10.2 Å². The maximum absolute atomic E-state index is 12.5. The lowest BCUT2D eigenvalue weighted by Crippen LogP contribution is -2.27. The monoisotopic (exact) mass is 397 g/mol. The number of hydrogen-bond acceptors (Lipinski definition) is 5. The fourth-order valence-corrected chi connectivity index (χ4v) is 5.51. The molecule has 0 radical (unpaired) electrons. The molecule has 0 saturated carbocycles. The third kappa shape index (κ3) is 3.73. The van der Waals surface area contributed by atoms with Crippen LogP contribution in [0.3, 0.4) is 0 Å². The predicted octanol–water partition coefficient (Wildman–Crippen LogP) is 5.71. The number of thiophene rings is 1. The third-order valence-electron chi connectivity index (χ3n) is 4.74. The molecule has 3 aromatic rings. The average molecular weight is 398 g/mol. The van der Waals surface area contributed by atoms with Crippen molar-refractivity contribution in [2.45, 2.75) is 56.4 Å². The quantitative estimate of drug-likeness (QED) is 0.576. The number of carbonyl (C=O) groups excluding carboxylic acids is 1. The minimum Gasteiger partial charge on any atom is -0.325 e. The molecule has 0 spiro atoms. The minimum absolute atomic E-state index is 0.0105. The Morgan fingerprint density at radius 3 is 2.74 bits per heavy atom. The smallest absolute Gasteiger partial charge is 0.229 e. The van der Waals surface area contributed by atoms with Crippen molar-refractivity contribution < 1.29 is 4.79 Å². The van der Waals surface area contributed by atoms with Crippen LogP contribution < -0.4 is 5.32 Å². The van der Waals surface area contributed by atoms with Crippen LogP contribution in [0, 0.1) is 5.41 Å². The second kappa shape index (κ2) is 7.24. The zero-order valence-corrected chi connectivity index (χ0v) is 17.5. The first kappa shape index (κ1) is 18.4. The van der Waals surface area contributed by atoms with Gasteiger partial charge in [-0.2, -0.15) is 0 Å². The fourth-order valence-electron chi connectivity index (χ4n) is 3.21. The molecule has 0 bridgehead atoms. The number of amides is 1. The van der Waals surface area contributed by atoms with E-state index in [1.807, 2.05) is 56.4 Å². The molecule has 0 aliphatic heterocycles. The number of benzene rings is 1. The van der Waals surface area contributed by atoms with Gasteiger partial charge in [0, 0.05) is 20.6 Å². The molecule has 1 N–H and O–H groups in total. The van der Waals surface area contributed by atoms with Gasteiger partial charge in [0.25, 0.3) is 0 Å². The molecule has 2 heterocycles. The molecule has 2 aromatic heterocycles. The van der Waals surface area contributed by atoms with E-state index < -0.39 is 5.41 Å². The molecule has 0 fully saturated rings. The molecule has 1 aliphatic carbocycles. The summed E-state index contributed by atoms with van der Waals surface area (Å²) in [5.41, 5.74) is 1.82. The van der Waals surface area contributed by atoms with E-state index in [4.69, 9.17) is 0 Å². The number of aromatic nitrogens is 2. The largest absolute Gasteiger partial charge is 0.325 e. The van der Waals surface area contributed by atoms with Crippen LogP contribution in [0.4, 0.5) is 5.69 Å². The van der Waals surface area contributed by atoms with Crippen LogP contribution in [0.1, 0.15) is 44.1 Å². The molecule has 27 heavy (non-hydrogen) atoms. The molecule has 1 aromatic carbocycles. The van der Waals surface area contributed by atoms with Crippen molar-refractivity contribution in [2.24, 2.45) is 5.41 Å². The summed E-state index contributed by atoms with van der Waals surface area (Å²) in [5.74, 6) is 0.0105. The normalized spacial score (nSPS) is 14.2. The standard InChI is InChI=1S/C21H23N3OS2/c1-21(2,3)20(25)24-14-9-5-7-11-16(14)27-19-17-13-8-4-6-10-15(13)26-18(17)22-12-23-19/h5,7,9,11-12H,4,6,8,10H2,1-3H3,(H,24,25). The Morgan fingerprint density at radius 1 is 1.15 bits per heavy atom. The Kier molecular flexibility index (Phi) is 4.95. The summed E-state index contributed by atoms with van der Waals surface area (Å²) in [6.07, 6.45) is 6.41. The van der Waals surface area contributed by atoms with E-state index in [9.17, 15) is 4.79 Å². The van der Waals surface area contributed by atoms with Gasteiger partial charge in [-0.1, -0.05) is 44.7 Å². The number of para-hydroxylation sites is 1. The second-order valence-corrected chi connectivity index (χ2v) is 9.99. The van der Waals surface area contributed by atoms with Crippen LogP contribution in [-0.2, 0) is 17.6 Å². The molecule has 4 rings (SSSR count). The SMILES string of the molecule is CC(C)(C)C(=O)Nc1ccccc1Sc1ncnc2sc3c(c12)CCCC3. The van der Waals surface area contributed by atoms with Crippen molar-refractivity contribution in [3.05, 3.63) is 41.0 Å². The summed E-state index contributed by atoms with van der Waals surface area (Å²) in [5, 5.41) is 5.27. The minimum atomic E-state index is -0.438. The van der Waals surface area contributed by atoms with E-state index in [2.05, 4.69) is 15.3 Å². The number of carbonyl (C=O) groups is 1. The fraction of sp³-hybridized carbons (Fsp3) is 0.381. The topological polar surface area (TPSA) is 54.9 Å². The van der Waals surface area contributed by atoms with Crippen molar-refractivity contribution in [3.63, 3.8) is 0 Å². The predicted molar refractivity (Wildman–Crippen MR) is 113 cm³/mol. The lowest BCUT2D eigenvalue weighted by Gasteiger charge is -2.19. The molecular formula is C21H23N3OS2. The first-order valence-electron chi connectivity index (χ1n) is 9.27. The van der Waals surface area contributed by atoms with Crippen molar-refractivity contribution in [1.29, 1.82) is 0 Å². The molecule has 0 saturated heterocycles. The van der Waals surface area contributed by atoms with Gasteiger partial charge in [-0.15, -0.1) is 11.3 Å². The zero-order valence-electron chi connectivity index (χ0n) is 15.8. The Hall–Kier alpha value is -1.92. The van der Waals surface area contributed by atoms with Crippen LogP contribution in [0.2, 0.25) is 0 Å². The Labute approximate surface area is 167 Å². The first-order valence-corrected chi connectivity index (χ1v) is 10.9. The van der Waals surface area contributed by atoms with Crippen LogP contribution in [0.15, 0.2) is 40.5 Å². The van der Waals surface area contributed by atoms with Crippen molar-refractivity contribution >= 4 is 44.9 Å². The second-order valence-electron chi connectivity index (χ2n) is 7.87. The van der Waals surface area contributed by atoms with Crippen LogP contribution in [-0.4, -0.2) is 15.9 Å². The lowest BCUT2D eigenvalue weighted by molar-refractivity contribution is -0.123. The molecule has 1 aliphatic rings. The van der Waals surface area contributed by atoms with Crippen molar-refractivity contribution in [2.75, 3.05) is 5.32 Å². The Balaban J connectivity index is 1.71. The van der Waals surface area contributed by atoms with Crippen molar-refractivity contribution in [3.8, 4) is 0 Å². The highest BCUT2D eigenvalue weighted by atomic mass is 32.2. The van der Waals surface area contributed by atoms with Gasteiger partial charge >= 0.3 is 0 Å². The van der Waals surface area contributed by atoms with Gasteiger partial charge in [-0.3, -0.25) is 4.79 Å². The summed E-state index contributed by atoms with van der Waals surface area (Å²) in [6, 6.07) is 7.93. The molecule has 1 amide bonds. The number of fused-ring (bicyclic) bond motifs is 3. The summed E-state index contributed by atoms with van der Waals surface area (Å²) < 4.78 is 0. The average Bonchev–Trinajstić information content (AvgIpc) is 3.02. The maximum atomic E-state index is 12.5. The highest BCUT2D eigenvalue weighted by Crippen LogP contribution is 2.42. The van der Waals surface area contributed by atoms with E-state index in [1.54, 1.807) is 18.1 Å². The van der Waals surface area contributed by atoms with Gasteiger partial charge in [0.1, 0.15) is 16.2 Å². The van der Waals surface area contributed by atoms with E-state index >= 15 is 0 Å². The molecule has 0 unspecified atom stereocenters. The highest BCUT2D eigenvalue weighted by molar-refractivity contribution is 7.99. The molecule has 4 nitrogen and oxygen atoms in total. The van der Waals surface area contributed by atoms with Gasteiger partial charge in [-0.25, -0.2) is 9.97 Å². The molecule has 0 atom stereocenters. The van der Waals surface area contributed by atoms with Crippen LogP contribution >= 0.6 is 23.1 Å². The number of rotatable bonds is 3. The van der Waals surface area contributed by atoms with E-state index in [0.29, 0.717) is 0 Å². The lowest BCUT2D eigenvalue weighted by atomic mass is 9.95. The summed E-state index contributed by atoms with van der Waals surface area (Å²) in [6.45, 7) is 5.76. The molecular weight excluding hydrogens is 374 g/mol. The van der Waals surface area contributed by atoms with E-state index in [-0.39, 0.29) is 5.91 Å². The number of aryl methyl sites for hydroxylation is 2. The van der Waals surface area contributed by atoms with Gasteiger partial charge in [0.15, 0.2) is 0 Å². The first-order chi connectivity index (χ1) is 12.9. The Morgan fingerprint density at radius 2 is 1.93 bits per heavy atom. The van der Waals surface area contributed by atoms with Gasteiger partial charge in [0.2, 0.25) is 5.91 Å². The van der Waals surface area contributed by atoms with E-state index in [0.717, 1.165) is 33.3 Å². The van der Waals surface area contributed by atoms with Crippen LogP contribution in [0.5, 0.6) is 0 Å². The maximum Gasteiger partial charge on any atom is 0.229 e. The van der Waals surface area contributed by atoms with Gasteiger partial charge in [0.05, 0.1) is 5.69 Å². The summed E-state index contributed by atoms with van der Waals surface area (Å²) in [7, 11) is 0. The summed E-state index contributed by atoms with van der Waals surface area (Å²) >= 11 is 3.42. The third-order valence-corrected chi connectivity index (χ3v) is 7.02. The van der Waals surface area contributed by atoms with Gasteiger partial charge < -0.3 is 5.32 Å². The number of nitrogens with one attached hydrogen (secondary N) is 1. The summed E-state index contributed by atoms with van der Waals surface area (Å²) in [4.78, 5) is 25.1. The number of hydrogen-bond donors (Lipinski definition) is 1. The number of nitrogens with zero attached hydrogens (tertiary/aromatic N) is 2. The highest BCUT2D eigenvalue weighted by Gasteiger charge is 2.23. The molecule has 6 heteroatoms. The molecule has 140 valence electrons. The van der Waals surface area contributed by atoms with E-state index in [1.165, 1.54) is 28.7 Å². The van der Waals surface area contributed by atoms with Gasteiger partial charge in [-0.05, 0) is 43.4 Å².